The summed E-state index contributed by atoms with van der Waals surface area (Å²) in [6.07, 6.45) is -6.83. The van der Waals surface area contributed by atoms with Crippen LogP contribution in [-0.4, -0.2) is 122 Å². The Morgan fingerprint density at radius 1 is 0.357 bits per heavy atom. The van der Waals surface area contributed by atoms with Crippen LogP contribution in [0.5, 0.6) is 86.2 Å². The Morgan fingerprint density at radius 2 is 0.726 bits per heavy atom. The van der Waals surface area contributed by atoms with E-state index in [-0.39, 0.29) is 46.7 Å². The van der Waals surface area contributed by atoms with Gasteiger partial charge in [0.05, 0.1) is 97.2 Å². The molecule has 8 unspecified atom stereocenters. The molecule has 0 spiro atoms. The lowest BCUT2D eigenvalue weighted by molar-refractivity contribution is -0.154. The lowest BCUT2D eigenvalue weighted by Gasteiger charge is -2.45. The number of methoxy groups -OCH3 is 12. The summed E-state index contributed by atoms with van der Waals surface area (Å²) in [7, 11) is 18.0. The third kappa shape index (κ3) is 10.8. The summed E-state index contributed by atoms with van der Waals surface area (Å²) in [6, 6.07) is 22.5. The standard InChI is InChI=1S/C63H68O21/c1-30(64)79-50-27-37-41(71-8)28-46(76-13)52(60(37)83-57(50)33-16-19-38(68-5)42(22-33)72-9)56-54-48(78-15)29-47(77-14)53(61(54)84-59(63(56)81-32(3)66)35-18-21-40(70-7)44(24-35)74-11)55-51-45(75-12)25-36(67-4)26-49(51)82-58(62(55)80-31(2)65)34-17-20-39(69-6)43(23-34)73-10/h16-26,28-29,50,55-59,62-63H,27H2,1-15H3. The summed E-state index contributed by atoms with van der Waals surface area (Å²) in [5, 5.41) is 0. The average Bonchev–Trinajstić information content (AvgIpc) is 0.791. The van der Waals surface area contributed by atoms with E-state index < -0.39 is 66.4 Å². The number of hydrogen-bond donors (Lipinski definition) is 0. The molecule has 6 aromatic rings. The second-order valence-electron chi connectivity index (χ2n) is 19.6. The molecule has 21 nitrogen and oxygen atoms in total. The van der Waals surface area contributed by atoms with E-state index in [9.17, 15) is 14.4 Å². The molecule has 0 aliphatic carbocycles. The first-order valence-corrected chi connectivity index (χ1v) is 26.6. The van der Waals surface area contributed by atoms with E-state index in [0.717, 1.165) is 0 Å². The summed E-state index contributed by atoms with van der Waals surface area (Å²) < 4.78 is 113. The van der Waals surface area contributed by atoms with E-state index in [0.29, 0.717) is 90.5 Å². The van der Waals surface area contributed by atoms with E-state index in [1.54, 1.807) is 78.9 Å². The second kappa shape index (κ2) is 25.1. The van der Waals surface area contributed by atoms with Crippen molar-refractivity contribution < 1.29 is 99.6 Å². The zero-order valence-electron chi connectivity index (χ0n) is 49.4. The van der Waals surface area contributed by atoms with Gasteiger partial charge in [-0.05, 0) is 36.4 Å². The summed E-state index contributed by atoms with van der Waals surface area (Å²) >= 11 is 0. The van der Waals surface area contributed by atoms with Gasteiger partial charge in [-0.15, -0.1) is 0 Å². The third-order valence-corrected chi connectivity index (χ3v) is 15.2. The normalized spacial score (nSPS) is 20.0. The molecular formula is C63H68O21. The van der Waals surface area contributed by atoms with E-state index in [1.807, 2.05) is 0 Å². The fourth-order valence-corrected chi connectivity index (χ4v) is 11.7. The van der Waals surface area contributed by atoms with Crippen LogP contribution in [-0.2, 0) is 35.0 Å². The molecule has 0 N–H and O–H groups in total. The van der Waals surface area contributed by atoms with Crippen LogP contribution in [0.1, 0.15) is 95.4 Å². The fourth-order valence-electron chi connectivity index (χ4n) is 11.7. The van der Waals surface area contributed by atoms with Gasteiger partial charge < -0.3 is 85.3 Å². The van der Waals surface area contributed by atoms with Crippen LogP contribution in [0.2, 0.25) is 0 Å². The van der Waals surface area contributed by atoms with Crippen molar-refractivity contribution in [2.24, 2.45) is 0 Å². The molecule has 0 radical (unpaired) electrons. The van der Waals surface area contributed by atoms with Crippen LogP contribution in [0.4, 0.5) is 0 Å². The quantitative estimate of drug-likeness (QED) is 0.0513. The monoisotopic (exact) mass is 1160 g/mol. The van der Waals surface area contributed by atoms with Crippen LogP contribution in [0.15, 0.2) is 78.9 Å². The van der Waals surface area contributed by atoms with Crippen molar-refractivity contribution in [2.45, 2.75) is 75.7 Å². The van der Waals surface area contributed by atoms with Crippen LogP contribution < -0.4 is 71.1 Å². The van der Waals surface area contributed by atoms with Gasteiger partial charge >= 0.3 is 17.9 Å². The minimum Gasteiger partial charge on any atom is -0.496 e. The zero-order chi connectivity index (χ0) is 60.3. The summed E-state index contributed by atoms with van der Waals surface area (Å²) in [6.45, 7) is 3.91. The third-order valence-electron chi connectivity index (χ3n) is 15.2. The number of esters is 3. The molecule has 21 heteroatoms. The largest absolute Gasteiger partial charge is 0.496 e. The van der Waals surface area contributed by atoms with Crippen LogP contribution in [0, 0.1) is 0 Å². The van der Waals surface area contributed by atoms with Gasteiger partial charge in [0, 0.05) is 96.0 Å². The molecule has 3 heterocycles. The van der Waals surface area contributed by atoms with Gasteiger partial charge in [-0.2, -0.15) is 0 Å². The van der Waals surface area contributed by atoms with Crippen LogP contribution >= 0.6 is 0 Å². The number of rotatable bonds is 20. The average molecular weight is 1160 g/mol. The van der Waals surface area contributed by atoms with Gasteiger partial charge in [0.15, 0.2) is 65.0 Å². The predicted octanol–water partition coefficient (Wildman–Crippen LogP) is 9.79. The van der Waals surface area contributed by atoms with Gasteiger partial charge in [0.25, 0.3) is 0 Å². The maximum Gasteiger partial charge on any atom is 0.303 e. The zero-order valence-corrected chi connectivity index (χ0v) is 49.4. The molecule has 0 amide bonds. The van der Waals surface area contributed by atoms with Crippen molar-refractivity contribution in [2.75, 3.05) is 85.3 Å². The highest BCUT2D eigenvalue weighted by atomic mass is 16.6. The maximum absolute atomic E-state index is 14.0. The fraction of sp³-hybridized carbons (Fsp3) is 0.381. The lowest BCUT2D eigenvalue weighted by atomic mass is 9.73. The summed E-state index contributed by atoms with van der Waals surface area (Å²) in [5.41, 5.74) is 3.38. The second-order valence-corrected chi connectivity index (χ2v) is 19.6. The molecule has 0 bridgehead atoms. The van der Waals surface area contributed by atoms with Crippen molar-refractivity contribution >= 4 is 17.9 Å². The maximum atomic E-state index is 14.0. The molecule has 446 valence electrons. The summed E-state index contributed by atoms with van der Waals surface area (Å²) in [5.74, 6) is 0.426. The van der Waals surface area contributed by atoms with Crippen LogP contribution in [0.3, 0.4) is 0 Å². The Bertz CT molecular complexity index is 3450. The molecule has 9 rings (SSSR count). The first-order valence-electron chi connectivity index (χ1n) is 26.6. The summed E-state index contributed by atoms with van der Waals surface area (Å²) in [4.78, 5) is 41.0. The highest BCUT2D eigenvalue weighted by molar-refractivity contribution is 5.74. The van der Waals surface area contributed by atoms with Crippen molar-refractivity contribution in [1.82, 2.24) is 0 Å². The first kappa shape index (κ1) is 59.4. The van der Waals surface area contributed by atoms with Gasteiger partial charge in [-0.3, -0.25) is 14.4 Å². The molecule has 0 aromatic heterocycles. The van der Waals surface area contributed by atoms with Crippen molar-refractivity contribution in [3.05, 3.63) is 123 Å². The Morgan fingerprint density at radius 3 is 1.14 bits per heavy atom. The Kier molecular flexibility index (Phi) is 17.7. The minimum atomic E-state index is -1.33. The number of fused-ring (bicyclic) bond motifs is 3. The van der Waals surface area contributed by atoms with Crippen LogP contribution in [0.25, 0.3) is 0 Å². The topological polar surface area (TPSA) is 217 Å². The molecule has 8 atom stereocenters. The smallest absolute Gasteiger partial charge is 0.303 e. The Balaban J connectivity index is 1.45. The van der Waals surface area contributed by atoms with Gasteiger partial charge in [0.2, 0.25) is 0 Å². The number of carbonyl (C=O) groups excluding carboxylic acids is 3. The molecule has 84 heavy (non-hydrogen) atoms. The number of carbonyl (C=O) groups is 3. The van der Waals surface area contributed by atoms with Gasteiger partial charge in [0.1, 0.15) is 57.8 Å². The SMILES string of the molecule is COc1cc(OC)c2c(c1)OC(c1ccc(OC)c(OC)c1)C(OC(C)=O)C2c1c(OC)cc(OC)c2c1OC(c1ccc(OC)c(OC)c1)C(OC(C)=O)C2c1c(OC)cc(OC)c2c1OC(c1ccc(OC)c(OC)c1)C(OC(C)=O)C2. The first-order chi connectivity index (χ1) is 40.6. The van der Waals surface area contributed by atoms with Crippen molar-refractivity contribution in [1.29, 1.82) is 0 Å². The molecular weight excluding hydrogens is 1090 g/mol. The minimum absolute atomic E-state index is 0.0518. The van der Waals surface area contributed by atoms with Crippen molar-refractivity contribution in [3.8, 4) is 86.2 Å². The molecule has 3 aliphatic heterocycles. The highest BCUT2D eigenvalue weighted by Crippen LogP contribution is 2.64. The molecule has 0 fully saturated rings. The Labute approximate surface area is 486 Å². The number of benzene rings is 6. The van der Waals surface area contributed by atoms with E-state index in [2.05, 4.69) is 0 Å². The van der Waals surface area contributed by atoms with Crippen molar-refractivity contribution in [3.63, 3.8) is 0 Å². The number of ether oxygens (including phenoxy) is 18. The predicted molar refractivity (Wildman–Crippen MR) is 301 cm³/mol. The lowest BCUT2D eigenvalue weighted by Crippen LogP contribution is -2.42. The van der Waals surface area contributed by atoms with Gasteiger partial charge in [-0.1, -0.05) is 18.2 Å². The molecule has 0 saturated carbocycles. The Hall–Kier alpha value is -9.27. The molecule has 6 aromatic carbocycles. The molecule has 0 saturated heterocycles. The highest BCUT2D eigenvalue weighted by Gasteiger charge is 2.54. The van der Waals surface area contributed by atoms with E-state index in [4.69, 9.17) is 85.3 Å². The molecule has 3 aliphatic rings. The number of hydrogen-bond acceptors (Lipinski definition) is 21. The van der Waals surface area contributed by atoms with E-state index >= 15 is 0 Å². The van der Waals surface area contributed by atoms with Gasteiger partial charge in [-0.25, -0.2) is 0 Å². The van der Waals surface area contributed by atoms with E-state index in [1.165, 1.54) is 106 Å².